The number of unbranched alkanes of at least 4 members (excludes halogenated alkanes) is 3. The summed E-state index contributed by atoms with van der Waals surface area (Å²) in [6.07, 6.45) is 4.75. The van der Waals surface area contributed by atoms with Gasteiger partial charge in [-0.15, -0.1) is 0 Å². The number of nitro groups is 1. The maximum Gasteiger partial charge on any atom is 0.288 e. The SMILES string of the molecule is CCCCCCNc1cc(Cl)c([N+](=O)[O-])cc1C. The van der Waals surface area contributed by atoms with Crippen molar-refractivity contribution in [1.29, 1.82) is 0 Å². The van der Waals surface area contributed by atoms with Crippen molar-refractivity contribution in [3.05, 3.63) is 32.8 Å². The second kappa shape index (κ2) is 7.21. The normalized spacial score (nSPS) is 10.4. The third-order valence-electron chi connectivity index (χ3n) is 2.84. The second-order valence-electron chi connectivity index (χ2n) is 4.36. The standard InChI is InChI=1S/C13H19ClN2O2/c1-3-4-5-6-7-15-12-9-11(14)13(16(17)18)8-10(12)2/h8-9,15H,3-7H2,1-2H3. The maximum atomic E-state index is 10.7. The Balaban J connectivity index is 2.62. The van der Waals surface area contributed by atoms with Crippen molar-refractivity contribution in [3.8, 4) is 0 Å². The van der Waals surface area contributed by atoms with Crippen LogP contribution in [0.15, 0.2) is 12.1 Å². The number of nitrogens with one attached hydrogen (secondary N) is 1. The van der Waals surface area contributed by atoms with E-state index in [0.29, 0.717) is 0 Å². The Morgan fingerprint density at radius 3 is 2.67 bits per heavy atom. The molecule has 0 fully saturated rings. The first-order chi connectivity index (χ1) is 8.56. The molecule has 0 bridgehead atoms. The summed E-state index contributed by atoms with van der Waals surface area (Å²) in [5, 5.41) is 14.2. The molecule has 5 heteroatoms. The molecule has 100 valence electrons. The fourth-order valence-electron chi connectivity index (χ4n) is 1.77. The molecule has 1 N–H and O–H groups in total. The van der Waals surface area contributed by atoms with Crippen LogP contribution in [0.5, 0.6) is 0 Å². The van der Waals surface area contributed by atoms with Crippen molar-refractivity contribution in [3.63, 3.8) is 0 Å². The predicted octanol–water partition coefficient (Wildman–Crippen LogP) is 4.55. The molecule has 0 amide bonds. The molecular weight excluding hydrogens is 252 g/mol. The van der Waals surface area contributed by atoms with E-state index >= 15 is 0 Å². The second-order valence-corrected chi connectivity index (χ2v) is 4.77. The first-order valence-electron chi connectivity index (χ1n) is 6.24. The molecule has 0 aliphatic carbocycles. The van der Waals surface area contributed by atoms with E-state index in [1.807, 2.05) is 6.92 Å². The number of rotatable bonds is 7. The van der Waals surface area contributed by atoms with Crippen LogP contribution >= 0.6 is 11.6 Å². The van der Waals surface area contributed by atoms with Gasteiger partial charge in [-0.3, -0.25) is 10.1 Å². The molecule has 0 spiro atoms. The number of aryl methyl sites for hydroxylation is 1. The monoisotopic (exact) mass is 270 g/mol. The van der Waals surface area contributed by atoms with Crippen LogP contribution in [-0.2, 0) is 0 Å². The van der Waals surface area contributed by atoms with Crippen LogP contribution in [-0.4, -0.2) is 11.5 Å². The summed E-state index contributed by atoms with van der Waals surface area (Å²) in [4.78, 5) is 10.3. The van der Waals surface area contributed by atoms with E-state index in [4.69, 9.17) is 11.6 Å². The van der Waals surface area contributed by atoms with Gasteiger partial charge in [0.05, 0.1) is 4.92 Å². The van der Waals surface area contributed by atoms with Crippen LogP contribution in [0.3, 0.4) is 0 Å². The van der Waals surface area contributed by atoms with Crippen molar-refractivity contribution >= 4 is 23.0 Å². The molecule has 0 unspecified atom stereocenters. The van der Waals surface area contributed by atoms with Gasteiger partial charge in [-0.2, -0.15) is 0 Å². The van der Waals surface area contributed by atoms with E-state index in [-0.39, 0.29) is 10.7 Å². The highest BCUT2D eigenvalue weighted by Gasteiger charge is 2.14. The van der Waals surface area contributed by atoms with Gasteiger partial charge in [-0.05, 0) is 25.0 Å². The number of hydrogen-bond acceptors (Lipinski definition) is 3. The van der Waals surface area contributed by atoms with Gasteiger partial charge in [-0.1, -0.05) is 37.8 Å². The van der Waals surface area contributed by atoms with Crippen LogP contribution in [0, 0.1) is 17.0 Å². The Labute approximate surface area is 112 Å². The molecule has 1 aromatic rings. The van der Waals surface area contributed by atoms with Crippen LogP contribution in [0.4, 0.5) is 11.4 Å². The fraction of sp³-hybridized carbons (Fsp3) is 0.538. The lowest BCUT2D eigenvalue weighted by molar-refractivity contribution is -0.384. The highest BCUT2D eigenvalue weighted by Crippen LogP contribution is 2.30. The topological polar surface area (TPSA) is 55.2 Å². The summed E-state index contributed by atoms with van der Waals surface area (Å²) in [5.41, 5.74) is 1.69. The number of benzene rings is 1. The minimum atomic E-state index is -0.458. The maximum absolute atomic E-state index is 10.7. The molecule has 0 saturated carbocycles. The molecule has 1 aromatic carbocycles. The zero-order chi connectivity index (χ0) is 13.5. The molecular formula is C13H19ClN2O2. The Bertz CT molecular complexity index is 422. The van der Waals surface area contributed by atoms with Crippen molar-refractivity contribution in [2.45, 2.75) is 39.5 Å². The number of anilines is 1. The van der Waals surface area contributed by atoms with Gasteiger partial charge in [0, 0.05) is 18.3 Å². The predicted molar refractivity (Wildman–Crippen MR) is 75.5 cm³/mol. The highest BCUT2D eigenvalue weighted by atomic mass is 35.5. The summed E-state index contributed by atoms with van der Waals surface area (Å²) < 4.78 is 0. The van der Waals surface area contributed by atoms with Crippen molar-refractivity contribution < 1.29 is 4.92 Å². The number of nitrogens with zero attached hydrogens (tertiary/aromatic N) is 1. The van der Waals surface area contributed by atoms with Gasteiger partial charge in [0.1, 0.15) is 5.02 Å². The van der Waals surface area contributed by atoms with Crippen molar-refractivity contribution in [1.82, 2.24) is 0 Å². The van der Waals surface area contributed by atoms with Crippen LogP contribution < -0.4 is 5.32 Å². The molecule has 0 saturated heterocycles. The van der Waals surface area contributed by atoms with Gasteiger partial charge in [0.2, 0.25) is 0 Å². The van der Waals surface area contributed by atoms with E-state index in [9.17, 15) is 10.1 Å². The summed E-state index contributed by atoms with van der Waals surface area (Å²) in [6, 6.07) is 3.14. The molecule has 18 heavy (non-hydrogen) atoms. The van der Waals surface area contributed by atoms with Crippen LogP contribution in [0.25, 0.3) is 0 Å². The largest absolute Gasteiger partial charge is 0.385 e. The summed E-state index contributed by atoms with van der Waals surface area (Å²) >= 11 is 5.88. The van der Waals surface area contributed by atoms with E-state index in [0.717, 1.165) is 24.2 Å². The quantitative estimate of drug-likeness (QED) is 0.449. The third kappa shape index (κ3) is 4.18. The van der Waals surface area contributed by atoms with Gasteiger partial charge < -0.3 is 5.32 Å². The zero-order valence-corrected chi connectivity index (χ0v) is 11.6. The van der Waals surface area contributed by atoms with Crippen molar-refractivity contribution in [2.24, 2.45) is 0 Å². The summed E-state index contributed by atoms with van der Waals surface area (Å²) in [5.74, 6) is 0. The van der Waals surface area contributed by atoms with Crippen molar-refractivity contribution in [2.75, 3.05) is 11.9 Å². The average Bonchev–Trinajstić information content (AvgIpc) is 2.32. The van der Waals surface area contributed by atoms with E-state index in [1.165, 1.54) is 25.3 Å². The first-order valence-corrected chi connectivity index (χ1v) is 6.62. The smallest absolute Gasteiger partial charge is 0.288 e. The van der Waals surface area contributed by atoms with Crippen LogP contribution in [0.1, 0.15) is 38.2 Å². The Hall–Kier alpha value is -1.29. The summed E-state index contributed by atoms with van der Waals surface area (Å²) in [6.45, 7) is 4.89. The molecule has 4 nitrogen and oxygen atoms in total. The zero-order valence-electron chi connectivity index (χ0n) is 10.8. The fourth-order valence-corrected chi connectivity index (χ4v) is 2.00. The molecule has 0 aliphatic rings. The molecule has 0 aromatic heterocycles. The first kappa shape index (κ1) is 14.8. The Morgan fingerprint density at radius 2 is 2.06 bits per heavy atom. The van der Waals surface area contributed by atoms with Crippen LogP contribution in [0.2, 0.25) is 5.02 Å². The molecule has 1 rings (SSSR count). The van der Waals surface area contributed by atoms with E-state index < -0.39 is 4.92 Å². The average molecular weight is 271 g/mol. The minimum absolute atomic E-state index is 0.0364. The summed E-state index contributed by atoms with van der Waals surface area (Å²) in [7, 11) is 0. The third-order valence-corrected chi connectivity index (χ3v) is 3.14. The number of hydrogen-bond donors (Lipinski definition) is 1. The van der Waals surface area contributed by atoms with E-state index in [2.05, 4.69) is 12.2 Å². The van der Waals surface area contributed by atoms with Gasteiger partial charge in [0.15, 0.2) is 0 Å². The lowest BCUT2D eigenvalue weighted by Crippen LogP contribution is -2.03. The molecule has 0 heterocycles. The number of halogens is 1. The van der Waals surface area contributed by atoms with Gasteiger partial charge in [0.25, 0.3) is 5.69 Å². The van der Waals surface area contributed by atoms with E-state index in [1.54, 1.807) is 6.07 Å². The lowest BCUT2D eigenvalue weighted by atomic mass is 10.1. The van der Waals surface area contributed by atoms with Gasteiger partial charge >= 0.3 is 0 Å². The Kier molecular flexibility index (Phi) is 5.92. The minimum Gasteiger partial charge on any atom is -0.385 e. The molecule has 0 radical (unpaired) electrons. The molecule has 0 aliphatic heterocycles. The number of nitro benzene ring substituents is 1. The van der Waals surface area contributed by atoms with Gasteiger partial charge in [-0.25, -0.2) is 0 Å². The Morgan fingerprint density at radius 1 is 1.33 bits per heavy atom. The highest BCUT2D eigenvalue weighted by molar-refractivity contribution is 6.33. The lowest BCUT2D eigenvalue weighted by Gasteiger charge is -2.10. The molecule has 0 atom stereocenters.